The van der Waals surface area contributed by atoms with Crippen LogP contribution in [0.3, 0.4) is 0 Å². The van der Waals surface area contributed by atoms with Gasteiger partial charge in [0.05, 0.1) is 17.6 Å². The molecular weight excluding hydrogens is 316 g/mol. The molecule has 1 aromatic carbocycles. The van der Waals surface area contributed by atoms with E-state index in [9.17, 15) is 13.2 Å². The predicted molar refractivity (Wildman–Crippen MR) is 86.0 cm³/mol. The summed E-state index contributed by atoms with van der Waals surface area (Å²) in [5, 5.41) is 2.60. The molecule has 1 N–H and O–H groups in total. The highest BCUT2D eigenvalue weighted by Gasteiger charge is 2.33. The van der Waals surface area contributed by atoms with Gasteiger partial charge in [0.1, 0.15) is 11.5 Å². The normalized spacial score (nSPS) is 16.5. The van der Waals surface area contributed by atoms with Crippen LogP contribution in [-0.2, 0) is 19.4 Å². The van der Waals surface area contributed by atoms with Gasteiger partial charge in [-0.2, -0.15) is 0 Å². The van der Waals surface area contributed by atoms with Crippen molar-refractivity contribution in [1.82, 2.24) is 4.98 Å². The molecule has 0 spiro atoms. The molecule has 1 aliphatic rings. The van der Waals surface area contributed by atoms with Crippen molar-refractivity contribution in [3.05, 3.63) is 66.2 Å². The minimum atomic E-state index is -3.58. The summed E-state index contributed by atoms with van der Waals surface area (Å²) in [6.45, 7) is -0.0472. The third-order valence-corrected chi connectivity index (χ3v) is 5.02. The number of benzene rings is 1. The van der Waals surface area contributed by atoms with Crippen LogP contribution in [0.5, 0.6) is 0 Å². The van der Waals surface area contributed by atoms with Gasteiger partial charge in [-0.1, -0.05) is 30.3 Å². The van der Waals surface area contributed by atoms with Crippen LogP contribution < -0.4 is 5.32 Å². The largest absolute Gasteiger partial charge is 0.486 e. The molecule has 0 saturated carbocycles. The highest BCUT2D eigenvalue weighted by molar-refractivity contribution is 8.00. The van der Waals surface area contributed by atoms with Gasteiger partial charge in [0.15, 0.2) is 9.84 Å². The molecule has 2 heterocycles. The monoisotopic (exact) mass is 330 g/mol. The maximum Gasteiger partial charge on any atom is 0.292 e. The van der Waals surface area contributed by atoms with E-state index in [2.05, 4.69) is 10.3 Å². The van der Waals surface area contributed by atoms with Gasteiger partial charge in [0.2, 0.25) is 5.76 Å². The molecule has 6 nitrogen and oxygen atoms in total. The minimum Gasteiger partial charge on any atom is -0.486 e. The van der Waals surface area contributed by atoms with Crippen molar-refractivity contribution in [3.8, 4) is 0 Å². The molecule has 2 aromatic rings. The maximum atomic E-state index is 12.5. The number of hydrogen-bond donors (Lipinski definition) is 1. The first-order chi connectivity index (χ1) is 11.1. The molecule has 0 unspecified atom stereocenters. The van der Waals surface area contributed by atoms with Crippen molar-refractivity contribution in [2.75, 3.05) is 17.7 Å². The molecular formula is C16H14N2O4S. The van der Waals surface area contributed by atoms with Crippen LogP contribution in [-0.4, -0.2) is 31.7 Å². The first-order valence-corrected chi connectivity index (χ1v) is 8.60. The number of pyridine rings is 1. The van der Waals surface area contributed by atoms with Crippen molar-refractivity contribution in [1.29, 1.82) is 0 Å². The Morgan fingerprint density at radius 2 is 1.91 bits per heavy atom. The molecule has 0 fully saturated rings. The first-order valence-electron chi connectivity index (χ1n) is 6.94. The van der Waals surface area contributed by atoms with Gasteiger partial charge in [-0.15, -0.1) is 0 Å². The molecule has 1 amide bonds. The van der Waals surface area contributed by atoms with Crippen molar-refractivity contribution in [2.45, 2.75) is 0 Å². The fraction of sp³-hybridized carbons (Fsp3) is 0.125. The van der Waals surface area contributed by atoms with E-state index in [0.29, 0.717) is 11.3 Å². The van der Waals surface area contributed by atoms with Gasteiger partial charge in [-0.05, 0) is 17.7 Å². The third kappa shape index (κ3) is 3.24. The number of amides is 1. The zero-order valence-corrected chi connectivity index (χ0v) is 12.9. The molecule has 1 aliphatic heterocycles. The smallest absolute Gasteiger partial charge is 0.292 e. The van der Waals surface area contributed by atoms with Crippen LogP contribution in [0.4, 0.5) is 5.69 Å². The number of aromatic nitrogens is 1. The number of nitrogens with zero attached hydrogens (tertiary/aromatic N) is 1. The number of sulfone groups is 1. The molecule has 0 radical (unpaired) electrons. The van der Waals surface area contributed by atoms with Gasteiger partial charge >= 0.3 is 0 Å². The fourth-order valence-corrected chi connectivity index (χ4v) is 3.69. The average molecular weight is 330 g/mol. The second kappa shape index (κ2) is 6.21. The van der Waals surface area contributed by atoms with E-state index in [0.717, 1.165) is 0 Å². The summed E-state index contributed by atoms with van der Waals surface area (Å²) in [4.78, 5) is 16.3. The lowest BCUT2D eigenvalue weighted by atomic mass is 10.2. The van der Waals surface area contributed by atoms with Crippen molar-refractivity contribution in [3.63, 3.8) is 0 Å². The second-order valence-corrected chi connectivity index (χ2v) is 6.93. The number of carbonyl (C=O) groups excluding carboxylic acids is 1. The van der Waals surface area contributed by atoms with Crippen LogP contribution >= 0.6 is 0 Å². The van der Waals surface area contributed by atoms with E-state index in [4.69, 9.17) is 4.74 Å². The van der Waals surface area contributed by atoms with Crippen LogP contribution in [0.25, 0.3) is 4.91 Å². The lowest BCUT2D eigenvalue weighted by Crippen LogP contribution is -2.28. The lowest BCUT2D eigenvalue weighted by Gasteiger charge is -2.21. The Kier molecular flexibility index (Phi) is 4.12. The van der Waals surface area contributed by atoms with E-state index >= 15 is 0 Å². The predicted octanol–water partition coefficient (Wildman–Crippen LogP) is 1.83. The Bertz CT molecular complexity index is 846. The summed E-state index contributed by atoms with van der Waals surface area (Å²) in [5.74, 6) is -0.951. The average Bonchev–Trinajstić information content (AvgIpc) is 2.55. The number of rotatable bonds is 3. The van der Waals surface area contributed by atoms with Crippen LogP contribution in [0.15, 0.2) is 60.6 Å². The van der Waals surface area contributed by atoms with E-state index in [1.54, 1.807) is 48.7 Å². The summed E-state index contributed by atoms with van der Waals surface area (Å²) in [6.07, 6.45) is 3.05. The van der Waals surface area contributed by atoms with Gasteiger partial charge in [0.25, 0.3) is 5.91 Å². The molecule has 0 aliphatic carbocycles. The zero-order valence-electron chi connectivity index (χ0n) is 12.1. The Labute approximate surface area is 133 Å². The summed E-state index contributed by atoms with van der Waals surface area (Å²) in [5.41, 5.74) is 0.896. The molecule has 7 heteroatoms. The summed E-state index contributed by atoms with van der Waals surface area (Å²) in [6, 6.07) is 11.8. The SMILES string of the molecule is O=C(Nc1cccnc1)C1=C(c2ccccc2)S(=O)(=O)CCO1. The summed E-state index contributed by atoms with van der Waals surface area (Å²) < 4.78 is 30.2. The molecule has 118 valence electrons. The Hall–Kier alpha value is -2.67. The van der Waals surface area contributed by atoms with Gasteiger partial charge < -0.3 is 10.1 Å². The van der Waals surface area contributed by atoms with Crippen LogP contribution in [0, 0.1) is 0 Å². The molecule has 0 bridgehead atoms. The number of anilines is 1. The number of ether oxygens (including phenoxy) is 1. The van der Waals surface area contributed by atoms with Gasteiger partial charge in [0, 0.05) is 6.20 Å². The number of hydrogen-bond acceptors (Lipinski definition) is 5. The van der Waals surface area contributed by atoms with Crippen LogP contribution in [0.1, 0.15) is 5.56 Å². The molecule has 3 rings (SSSR count). The maximum absolute atomic E-state index is 12.5. The van der Waals surface area contributed by atoms with Crippen molar-refractivity contribution < 1.29 is 17.9 Å². The highest BCUT2D eigenvalue weighted by atomic mass is 32.2. The number of carbonyl (C=O) groups is 1. The lowest BCUT2D eigenvalue weighted by molar-refractivity contribution is -0.115. The van der Waals surface area contributed by atoms with E-state index < -0.39 is 15.7 Å². The first kappa shape index (κ1) is 15.2. The van der Waals surface area contributed by atoms with Crippen molar-refractivity contribution >= 4 is 26.3 Å². The molecule has 0 atom stereocenters. The Balaban J connectivity index is 2.05. The third-order valence-electron chi connectivity index (χ3n) is 3.28. The van der Waals surface area contributed by atoms with E-state index in [-0.39, 0.29) is 23.0 Å². The van der Waals surface area contributed by atoms with Crippen LogP contribution in [0.2, 0.25) is 0 Å². The summed E-state index contributed by atoms with van der Waals surface area (Å²) >= 11 is 0. The zero-order chi connectivity index (χ0) is 16.3. The topological polar surface area (TPSA) is 85.4 Å². The minimum absolute atomic E-state index is 0.0472. The molecule has 1 aromatic heterocycles. The fourth-order valence-electron chi connectivity index (χ4n) is 2.26. The Morgan fingerprint density at radius 3 is 2.61 bits per heavy atom. The van der Waals surface area contributed by atoms with Crippen molar-refractivity contribution in [2.24, 2.45) is 0 Å². The Morgan fingerprint density at radius 1 is 1.13 bits per heavy atom. The van der Waals surface area contributed by atoms with E-state index in [1.807, 2.05) is 0 Å². The second-order valence-electron chi connectivity index (χ2n) is 4.89. The standard InChI is InChI=1S/C16H14N2O4S/c19-16(18-13-7-4-8-17-11-13)14-15(12-5-2-1-3-6-12)23(20,21)10-9-22-14/h1-8,11H,9-10H2,(H,18,19). The molecule has 23 heavy (non-hydrogen) atoms. The van der Waals surface area contributed by atoms with Gasteiger partial charge in [-0.25, -0.2) is 8.42 Å². The highest BCUT2D eigenvalue weighted by Crippen LogP contribution is 2.30. The quantitative estimate of drug-likeness (QED) is 0.928. The number of nitrogens with one attached hydrogen (secondary N) is 1. The molecule has 0 saturated heterocycles. The van der Waals surface area contributed by atoms with E-state index in [1.165, 1.54) is 6.20 Å². The van der Waals surface area contributed by atoms with Gasteiger partial charge in [-0.3, -0.25) is 9.78 Å². The summed E-state index contributed by atoms with van der Waals surface area (Å²) in [7, 11) is -3.58.